The summed E-state index contributed by atoms with van der Waals surface area (Å²) in [4.78, 5) is 9.27. The fraction of sp³-hybridized carbons (Fsp3) is 0.429. The number of nitrogens with one attached hydrogen (secondary N) is 2. The molecule has 0 amide bonds. The molecule has 0 saturated carbocycles. The van der Waals surface area contributed by atoms with Gasteiger partial charge in [-0.2, -0.15) is 0 Å². The average molecular weight is 385 g/mol. The van der Waals surface area contributed by atoms with Gasteiger partial charge in [0.15, 0.2) is 5.96 Å². The van der Waals surface area contributed by atoms with E-state index in [0.29, 0.717) is 19.1 Å². The Labute approximate surface area is 166 Å². The van der Waals surface area contributed by atoms with Gasteiger partial charge in [-0.15, -0.1) is 17.8 Å². The molecular weight excluding hydrogens is 356 g/mol. The van der Waals surface area contributed by atoms with Gasteiger partial charge >= 0.3 is 0 Å². The van der Waals surface area contributed by atoms with Crippen molar-refractivity contribution in [2.75, 3.05) is 19.7 Å². The van der Waals surface area contributed by atoms with Crippen molar-refractivity contribution in [2.45, 2.75) is 39.7 Å². The van der Waals surface area contributed by atoms with E-state index in [2.05, 4.69) is 64.8 Å². The van der Waals surface area contributed by atoms with Gasteiger partial charge in [0.05, 0.1) is 12.2 Å². The van der Waals surface area contributed by atoms with Crippen LogP contribution >= 0.6 is 11.3 Å². The topological polar surface area (TPSA) is 58.5 Å². The Kier molecular flexibility index (Phi) is 8.66. The zero-order valence-corrected chi connectivity index (χ0v) is 17.1. The standard InChI is InChI=1S/C21H28N4OS/c1-5-13-26-18-9-7-17(8-10-18)11-12-23-21(22-6-2)24-14-20-25-19(15-27-20)16(3)4/h1,7-10,15-16H,6,11-14H2,2-4H3,(H2,22,23,24). The van der Waals surface area contributed by atoms with Gasteiger partial charge in [-0.3, -0.25) is 0 Å². The van der Waals surface area contributed by atoms with Crippen LogP contribution in [0.4, 0.5) is 0 Å². The molecule has 0 saturated heterocycles. The highest BCUT2D eigenvalue weighted by Gasteiger charge is 2.05. The van der Waals surface area contributed by atoms with Crippen LogP contribution in [0.2, 0.25) is 0 Å². The Morgan fingerprint density at radius 3 is 2.70 bits per heavy atom. The third kappa shape index (κ3) is 7.32. The number of rotatable bonds is 9. The smallest absolute Gasteiger partial charge is 0.191 e. The molecule has 2 rings (SSSR count). The molecule has 0 atom stereocenters. The van der Waals surface area contributed by atoms with Gasteiger partial charge in [0.2, 0.25) is 0 Å². The average Bonchev–Trinajstić information content (AvgIpc) is 3.15. The van der Waals surface area contributed by atoms with Crippen LogP contribution in [0, 0.1) is 12.3 Å². The van der Waals surface area contributed by atoms with E-state index < -0.39 is 0 Å². The summed E-state index contributed by atoms with van der Waals surface area (Å²) >= 11 is 1.67. The lowest BCUT2D eigenvalue weighted by Crippen LogP contribution is -2.38. The number of ether oxygens (including phenoxy) is 1. The minimum absolute atomic E-state index is 0.293. The first-order valence-electron chi connectivity index (χ1n) is 9.24. The quantitative estimate of drug-likeness (QED) is 0.394. The molecule has 1 aromatic heterocycles. The van der Waals surface area contributed by atoms with Crippen LogP contribution in [0.25, 0.3) is 0 Å². The summed E-state index contributed by atoms with van der Waals surface area (Å²) in [5.74, 6) is 4.52. The summed E-state index contributed by atoms with van der Waals surface area (Å²) in [7, 11) is 0. The number of hydrogen-bond donors (Lipinski definition) is 2. The molecule has 1 heterocycles. The molecule has 27 heavy (non-hydrogen) atoms. The lowest BCUT2D eigenvalue weighted by Gasteiger charge is -2.11. The van der Waals surface area contributed by atoms with Crippen LogP contribution in [0.3, 0.4) is 0 Å². The Bertz CT molecular complexity index is 759. The van der Waals surface area contributed by atoms with Gasteiger partial charge < -0.3 is 15.4 Å². The van der Waals surface area contributed by atoms with E-state index in [1.807, 2.05) is 12.1 Å². The maximum atomic E-state index is 5.39. The van der Waals surface area contributed by atoms with Gasteiger partial charge in [0, 0.05) is 18.5 Å². The van der Waals surface area contributed by atoms with Crippen molar-refractivity contribution in [3.8, 4) is 18.1 Å². The molecule has 0 fully saturated rings. The highest BCUT2D eigenvalue weighted by Crippen LogP contribution is 2.18. The molecule has 0 aliphatic heterocycles. The van der Waals surface area contributed by atoms with Gasteiger partial charge in [-0.05, 0) is 37.0 Å². The molecular formula is C21H28N4OS. The number of nitrogens with zero attached hydrogens (tertiary/aromatic N) is 2. The van der Waals surface area contributed by atoms with Crippen molar-refractivity contribution in [3.05, 3.63) is 45.9 Å². The van der Waals surface area contributed by atoms with Crippen LogP contribution in [0.15, 0.2) is 34.6 Å². The minimum Gasteiger partial charge on any atom is -0.481 e. The Morgan fingerprint density at radius 2 is 2.07 bits per heavy atom. The molecule has 0 aliphatic carbocycles. The summed E-state index contributed by atoms with van der Waals surface area (Å²) in [5, 5.41) is 9.81. The molecule has 2 N–H and O–H groups in total. The maximum Gasteiger partial charge on any atom is 0.191 e. The second-order valence-corrected chi connectivity index (χ2v) is 7.27. The van der Waals surface area contributed by atoms with Gasteiger partial charge in [0.25, 0.3) is 0 Å². The molecule has 5 nitrogen and oxygen atoms in total. The van der Waals surface area contributed by atoms with Crippen molar-refractivity contribution >= 4 is 17.3 Å². The lowest BCUT2D eigenvalue weighted by molar-refractivity contribution is 0.370. The summed E-state index contributed by atoms with van der Waals surface area (Å²) in [6.07, 6.45) is 6.09. The highest BCUT2D eigenvalue weighted by molar-refractivity contribution is 7.09. The van der Waals surface area contributed by atoms with E-state index >= 15 is 0 Å². The lowest BCUT2D eigenvalue weighted by atomic mass is 10.1. The fourth-order valence-electron chi connectivity index (χ4n) is 2.35. The minimum atomic E-state index is 0.293. The van der Waals surface area contributed by atoms with E-state index in [4.69, 9.17) is 11.2 Å². The molecule has 0 bridgehead atoms. The Hall–Kier alpha value is -2.52. The number of thiazole rings is 1. The first kappa shape index (κ1) is 20.8. The second kappa shape index (κ2) is 11.2. The molecule has 1 aromatic carbocycles. The van der Waals surface area contributed by atoms with E-state index in [0.717, 1.165) is 41.9 Å². The zero-order valence-electron chi connectivity index (χ0n) is 16.3. The number of terminal acetylenes is 1. The zero-order chi connectivity index (χ0) is 19.5. The molecule has 0 aliphatic rings. The number of hydrogen-bond acceptors (Lipinski definition) is 4. The van der Waals surface area contributed by atoms with E-state index in [1.165, 1.54) is 5.56 Å². The van der Waals surface area contributed by atoms with Gasteiger partial charge in [0.1, 0.15) is 17.4 Å². The predicted octanol–water partition coefficient (Wildman–Crippen LogP) is 3.58. The summed E-state index contributed by atoms with van der Waals surface area (Å²) in [6, 6.07) is 8.00. The molecule has 0 radical (unpaired) electrons. The molecule has 0 unspecified atom stereocenters. The molecule has 6 heteroatoms. The summed E-state index contributed by atoms with van der Waals surface area (Å²) < 4.78 is 5.39. The molecule has 0 spiro atoms. The normalized spacial score (nSPS) is 11.3. The first-order chi connectivity index (χ1) is 13.1. The maximum absolute atomic E-state index is 5.39. The van der Waals surface area contributed by atoms with Gasteiger partial charge in [-0.1, -0.05) is 31.9 Å². The van der Waals surface area contributed by atoms with Crippen molar-refractivity contribution in [3.63, 3.8) is 0 Å². The van der Waals surface area contributed by atoms with E-state index in [1.54, 1.807) is 11.3 Å². The number of guanidine groups is 1. The van der Waals surface area contributed by atoms with Crippen molar-refractivity contribution < 1.29 is 4.74 Å². The monoisotopic (exact) mass is 384 g/mol. The Morgan fingerprint density at radius 1 is 1.30 bits per heavy atom. The molecule has 144 valence electrons. The van der Waals surface area contributed by atoms with Crippen LogP contribution < -0.4 is 15.4 Å². The third-order valence-electron chi connectivity index (χ3n) is 3.83. The summed E-state index contributed by atoms with van der Waals surface area (Å²) in [5.41, 5.74) is 2.37. The highest BCUT2D eigenvalue weighted by atomic mass is 32.1. The Balaban J connectivity index is 1.83. The number of aliphatic imine (C=N–C) groups is 1. The SMILES string of the molecule is C#CCOc1ccc(CCNC(=NCc2nc(C(C)C)cs2)NCC)cc1. The van der Waals surface area contributed by atoms with E-state index in [-0.39, 0.29) is 0 Å². The van der Waals surface area contributed by atoms with Crippen LogP contribution in [-0.4, -0.2) is 30.6 Å². The van der Waals surface area contributed by atoms with Crippen LogP contribution in [0.1, 0.15) is 43.0 Å². The number of aromatic nitrogens is 1. The van der Waals surface area contributed by atoms with E-state index in [9.17, 15) is 0 Å². The molecule has 2 aromatic rings. The largest absolute Gasteiger partial charge is 0.481 e. The second-order valence-electron chi connectivity index (χ2n) is 6.33. The summed E-state index contributed by atoms with van der Waals surface area (Å²) in [6.45, 7) is 8.87. The van der Waals surface area contributed by atoms with Crippen molar-refractivity contribution in [2.24, 2.45) is 4.99 Å². The first-order valence-corrected chi connectivity index (χ1v) is 10.1. The fourth-order valence-corrected chi connectivity index (χ4v) is 3.23. The predicted molar refractivity (Wildman–Crippen MR) is 113 cm³/mol. The number of benzene rings is 1. The third-order valence-corrected chi connectivity index (χ3v) is 4.68. The van der Waals surface area contributed by atoms with Gasteiger partial charge in [-0.25, -0.2) is 9.98 Å². The van der Waals surface area contributed by atoms with Crippen LogP contribution in [-0.2, 0) is 13.0 Å². The van der Waals surface area contributed by atoms with Crippen molar-refractivity contribution in [1.29, 1.82) is 0 Å². The van der Waals surface area contributed by atoms with Crippen molar-refractivity contribution in [1.82, 2.24) is 15.6 Å². The van der Waals surface area contributed by atoms with Crippen LogP contribution in [0.5, 0.6) is 5.75 Å².